The molecule has 0 saturated heterocycles. The summed E-state index contributed by atoms with van der Waals surface area (Å²) in [6, 6.07) is 7.74. The van der Waals surface area contributed by atoms with Gasteiger partial charge in [-0.3, -0.25) is 0 Å². The van der Waals surface area contributed by atoms with Gasteiger partial charge in [0, 0.05) is 5.54 Å². The van der Waals surface area contributed by atoms with E-state index < -0.39 is 0 Å². The second-order valence-corrected chi connectivity index (χ2v) is 4.30. The molecule has 0 aliphatic rings. The average Bonchev–Trinajstić information content (AvgIpc) is 2.28. The van der Waals surface area contributed by atoms with Gasteiger partial charge < -0.3 is 14.8 Å². The van der Waals surface area contributed by atoms with E-state index in [2.05, 4.69) is 19.2 Å². The molecule has 0 heterocycles. The molecule has 0 aliphatic heterocycles. The standard InChI is InChI=1S/C13H21NO2/c1-5-15-11-8-6-7-9-12(11)16-10-13(2,3)14-4/h6-9,14H,5,10H2,1-4H3. The van der Waals surface area contributed by atoms with Gasteiger partial charge in [-0.1, -0.05) is 12.1 Å². The molecule has 0 amide bonds. The molecule has 0 bridgehead atoms. The average molecular weight is 223 g/mol. The zero-order valence-electron chi connectivity index (χ0n) is 10.5. The molecular weight excluding hydrogens is 202 g/mol. The van der Waals surface area contributed by atoms with Crippen molar-refractivity contribution in [3.05, 3.63) is 24.3 Å². The number of hydrogen-bond acceptors (Lipinski definition) is 3. The normalized spacial score (nSPS) is 11.2. The summed E-state index contributed by atoms with van der Waals surface area (Å²) < 4.78 is 11.2. The van der Waals surface area contributed by atoms with Crippen LogP contribution in [0.2, 0.25) is 0 Å². The van der Waals surface area contributed by atoms with Crippen LogP contribution in [-0.4, -0.2) is 25.8 Å². The van der Waals surface area contributed by atoms with Crippen LogP contribution < -0.4 is 14.8 Å². The third-order valence-electron chi connectivity index (χ3n) is 2.41. The predicted molar refractivity (Wildman–Crippen MR) is 66.2 cm³/mol. The van der Waals surface area contributed by atoms with E-state index in [-0.39, 0.29) is 5.54 Å². The van der Waals surface area contributed by atoms with E-state index >= 15 is 0 Å². The van der Waals surface area contributed by atoms with Gasteiger partial charge in [0.1, 0.15) is 6.61 Å². The fourth-order valence-corrected chi connectivity index (χ4v) is 1.17. The Bertz CT molecular complexity index is 323. The van der Waals surface area contributed by atoms with Crippen LogP contribution >= 0.6 is 0 Å². The molecule has 1 N–H and O–H groups in total. The molecule has 0 unspecified atom stereocenters. The Labute approximate surface area is 97.8 Å². The second kappa shape index (κ2) is 5.75. The fraction of sp³-hybridized carbons (Fsp3) is 0.538. The number of ether oxygens (including phenoxy) is 2. The third kappa shape index (κ3) is 3.74. The molecule has 0 aromatic heterocycles. The summed E-state index contributed by atoms with van der Waals surface area (Å²) in [5.41, 5.74) is -0.0423. The first kappa shape index (κ1) is 12.8. The maximum Gasteiger partial charge on any atom is 0.161 e. The summed E-state index contributed by atoms with van der Waals surface area (Å²) in [5.74, 6) is 1.60. The molecule has 0 radical (unpaired) electrons. The molecule has 0 fully saturated rings. The van der Waals surface area contributed by atoms with Gasteiger partial charge in [-0.2, -0.15) is 0 Å². The van der Waals surface area contributed by atoms with Crippen LogP contribution in [0, 0.1) is 0 Å². The van der Waals surface area contributed by atoms with Crippen molar-refractivity contribution in [2.75, 3.05) is 20.3 Å². The lowest BCUT2D eigenvalue weighted by atomic mass is 10.1. The predicted octanol–water partition coefficient (Wildman–Crippen LogP) is 2.46. The van der Waals surface area contributed by atoms with E-state index in [1.807, 2.05) is 38.2 Å². The summed E-state index contributed by atoms with van der Waals surface area (Å²) in [7, 11) is 1.93. The summed E-state index contributed by atoms with van der Waals surface area (Å²) in [6.45, 7) is 7.41. The maximum atomic E-state index is 5.76. The van der Waals surface area contributed by atoms with Crippen LogP contribution in [0.4, 0.5) is 0 Å². The molecule has 90 valence electrons. The van der Waals surface area contributed by atoms with Crippen LogP contribution in [0.15, 0.2) is 24.3 Å². The quantitative estimate of drug-likeness (QED) is 0.803. The third-order valence-corrected chi connectivity index (χ3v) is 2.41. The molecule has 0 spiro atoms. The minimum Gasteiger partial charge on any atom is -0.490 e. The van der Waals surface area contributed by atoms with E-state index in [0.29, 0.717) is 13.2 Å². The Hall–Kier alpha value is -1.22. The van der Waals surface area contributed by atoms with E-state index in [4.69, 9.17) is 9.47 Å². The Morgan fingerprint density at radius 3 is 2.19 bits per heavy atom. The molecule has 3 nitrogen and oxygen atoms in total. The topological polar surface area (TPSA) is 30.5 Å². The van der Waals surface area contributed by atoms with Crippen molar-refractivity contribution in [3.8, 4) is 11.5 Å². The molecule has 16 heavy (non-hydrogen) atoms. The van der Waals surface area contributed by atoms with E-state index in [1.165, 1.54) is 0 Å². The van der Waals surface area contributed by atoms with E-state index in [1.54, 1.807) is 0 Å². The van der Waals surface area contributed by atoms with Crippen molar-refractivity contribution in [3.63, 3.8) is 0 Å². The van der Waals surface area contributed by atoms with E-state index in [9.17, 15) is 0 Å². The van der Waals surface area contributed by atoms with Crippen molar-refractivity contribution >= 4 is 0 Å². The highest BCUT2D eigenvalue weighted by molar-refractivity contribution is 5.39. The van der Waals surface area contributed by atoms with Gasteiger partial charge in [0.05, 0.1) is 6.61 Å². The van der Waals surface area contributed by atoms with Gasteiger partial charge in [0.15, 0.2) is 11.5 Å². The first-order valence-corrected chi connectivity index (χ1v) is 5.62. The minimum atomic E-state index is -0.0423. The number of likely N-dealkylation sites (N-methyl/N-ethyl adjacent to an activating group) is 1. The SMILES string of the molecule is CCOc1ccccc1OCC(C)(C)NC. The van der Waals surface area contributed by atoms with Crippen LogP contribution in [0.25, 0.3) is 0 Å². The number of rotatable bonds is 6. The summed E-state index contributed by atoms with van der Waals surface area (Å²) in [6.07, 6.45) is 0. The van der Waals surface area contributed by atoms with E-state index in [0.717, 1.165) is 11.5 Å². The maximum absolute atomic E-state index is 5.76. The van der Waals surface area contributed by atoms with Crippen LogP contribution in [0.5, 0.6) is 11.5 Å². The smallest absolute Gasteiger partial charge is 0.161 e. The Morgan fingerprint density at radius 1 is 1.12 bits per heavy atom. The molecule has 0 atom stereocenters. The first-order chi connectivity index (χ1) is 7.59. The number of benzene rings is 1. The highest BCUT2D eigenvalue weighted by Crippen LogP contribution is 2.26. The van der Waals surface area contributed by atoms with Crippen LogP contribution in [-0.2, 0) is 0 Å². The molecule has 0 saturated carbocycles. The van der Waals surface area contributed by atoms with Gasteiger partial charge in [0.2, 0.25) is 0 Å². The van der Waals surface area contributed by atoms with Crippen LogP contribution in [0.3, 0.4) is 0 Å². The largest absolute Gasteiger partial charge is 0.490 e. The highest BCUT2D eigenvalue weighted by atomic mass is 16.5. The molecule has 1 aromatic rings. The van der Waals surface area contributed by atoms with Crippen LogP contribution in [0.1, 0.15) is 20.8 Å². The zero-order valence-corrected chi connectivity index (χ0v) is 10.5. The van der Waals surface area contributed by atoms with Crippen molar-refractivity contribution in [2.24, 2.45) is 0 Å². The van der Waals surface area contributed by atoms with Crippen molar-refractivity contribution < 1.29 is 9.47 Å². The van der Waals surface area contributed by atoms with Gasteiger partial charge in [-0.05, 0) is 40.0 Å². The van der Waals surface area contributed by atoms with Crippen molar-refractivity contribution in [1.29, 1.82) is 0 Å². The monoisotopic (exact) mass is 223 g/mol. The summed E-state index contributed by atoms with van der Waals surface area (Å²) in [4.78, 5) is 0. The lowest BCUT2D eigenvalue weighted by molar-refractivity contribution is 0.206. The Morgan fingerprint density at radius 2 is 1.69 bits per heavy atom. The molecule has 0 aliphatic carbocycles. The van der Waals surface area contributed by atoms with Gasteiger partial charge >= 0.3 is 0 Å². The Kier molecular flexibility index (Phi) is 4.62. The van der Waals surface area contributed by atoms with Gasteiger partial charge in [-0.15, -0.1) is 0 Å². The molecular formula is C13H21NO2. The van der Waals surface area contributed by atoms with Gasteiger partial charge in [-0.25, -0.2) is 0 Å². The number of para-hydroxylation sites is 2. The second-order valence-electron chi connectivity index (χ2n) is 4.30. The fourth-order valence-electron chi connectivity index (χ4n) is 1.17. The number of hydrogen-bond donors (Lipinski definition) is 1. The summed E-state index contributed by atoms with van der Waals surface area (Å²) >= 11 is 0. The lowest BCUT2D eigenvalue weighted by Gasteiger charge is -2.24. The van der Waals surface area contributed by atoms with Crippen molar-refractivity contribution in [1.82, 2.24) is 5.32 Å². The first-order valence-electron chi connectivity index (χ1n) is 5.62. The summed E-state index contributed by atoms with van der Waals surface area (Å²) in [5, 5.41) is 3.20. The Balaban J connectivity index is 2.66. The van der Waals surface area contributed by atoms with Gasteiger partial charge in [0.25, 0.3) is 0 Å². The number of nitrogens with one attached hydrogen (secondary N) is 1. The molecule has 1 rings (SSSR count). The van der Waals surface area contributed by atoms with Crippen molar-refractivity contribution in [2.45, 2.75) is 26.3 Å². The molecule has 3 heteroatoms. The minimum absolute atomic E-state index is 0.0423. The zero-order chi connectivity index (χ0) is 12.0. The highest BCUT2D eigenvalue weighted by Gasteiger charge is 2.16. The lowest BCUT2D eigenvalue weighted by Crippen LogP contribution is -2.42. The molecule has 1 aromatic carbocycles.